The Kier molecular flexibility index (Phi) is 5.48. The maximum absolute atomic E-state index is 13.6. The van der Waals surface area contributed by atoms with Crippen molar-refractivity contribution in [3.05, 3.63) is 90.0 Å². The third-order valence-electron chi connectivity index (χ3n) is 6.03. The van der Waals surface area contributed by atoms with Crippen LogP contribution in [0.15, 0.2) is 78.9 Å². The summed E-state index contributed by atoms with van der Waals surface area (Å²) in [4.78, 5) is 34.2. The molecule has 2 fully saturated rings. The lowest BCUT2D eigenvalue weighted by Crippen LogP contribution is -2.36. The van der Waals surface area contributed by atoms with Crippen LogP contribution < -0.4 is 9.80 Å². The first kappa shape index (κ1) is 21.0. The number of aromatic hydroxyl groups is 1. The molecule has 33 heavy (non-hydrogen) atoms. The molecule has 2 amide bonds. The van der Waals surface area contributed by atoms with Crippen LogP contribution >= 0.6 is 0 Å². The minimum Gasteiger partial charge on any atom is -0.504 e. The Morgan fingerprint density at radius 3 is 2.33 bits per heavy atom. The van der Waals surface area contributed by atoms with Gasteiger partial charge in [0, 0.05) is 0 Å². The molecule has 7 nitrogen and oxygen atoms in total. The van der Waals surface area contributed by atoms with Crippen molar-refractivity contribution in [3.8, 4) is 11.5 Å². The third kappa shape index (κ3) is 3.70. The fourth-order valence-electron chi connectivity index (χ4n) is 4.52. The van der Waals surface area contributed by atoms with Crippen LogP contribution in [-0.4, -0.2) is 34.5 Å². The predicted molar refractivity (Wildman–Crippen MR) is 121 cm³/mol. The molecule has 2 aliphatic heterocycles. The van der Waals surface area contributed by atoms with Crippen LogP contribution in [0.1, 0.15) is 24.1 Å². The standard InChI is InChI=1S/C26H24N2O5/c1-2-32-21-15-18(13-14-20(21)29)23-22-24(33-28(23)19-11-7-4-8-12-19)26(31)27(25(22)30)16-17-9-5-3-6-10-17/h3-15,22-24,29H,2,16H2,1H3/t22-,23+,24-/m1/s1. The zero-order valence-corrected chi connectivity index (χ0v) is 18.1. The monoisotopic (exact) mass is 444 g/mol. The summed E-state index contributed by atoms with van der Waals surface area (Å²) in [7, 11) is 0. The van der Waals surface area contributed by atoms with E-state index < -0.39 is 18.1 Å². The number of nitrogens with zero attached hydrogens (tertiary/aromatic N) is 2. The van der Waals surface area contributed by atoms with Crippen LogP contribution in [0.3, 0.4) is 0 Å². The van der Waals surface area contributed by atoms with Gasteiger partial charge in [-0.15, -0.1) is 0 Å². The first-order valence-corrected chi connectivity index (χ1v) is 10.9. The number of carbonyl (C=O) groups is 2. The molecule has 3 aromatic carbocycles. The molecule has 1 N–H and O–H groups in total. The SMILES string of the molecule is CCOc1cc([C@H]2[C@H]3C(=O)N(Cc4ccccc4)C(=O)[C@@H]3ON2c2ccccc2)ccc1O. The van der Waals surface area contributed by atoms with Crippen molar-refractivity contribution in [1.82, 2.24) is 4.90 Å². The van der Waals surface area contributed by atoms with E-state index in [2.05, 4.69) is 0 Å². The molecular formula is C26H24N2O5. The number of likely N-dealkylation sites (tertiary alicyclic amines) is 1. The molecule has 0 unspecified atom stereocenters. The van der Waals surface area contributed by atoms with Gasteiger partial charge in [-0.25, -0.2) is 5.06 Å². The van der Waals surface area contributed by atoms with Crippen LogP contribution in [0.5, 0.6) is 11.5 Å². The van der Waals surface area contributed by atoms with Gasteiger partial charge >= 0.3 is 0 Å². The van der Waals surface area contributed by atoms with Crippen LogP contribution in [0.4, 0.5) is 5.69 Å². The second-order valence-electron chi connectivity index (χ2n) is 8.07. The quantitative estimate of drug-likeness (QED) is 0.582. The first-order valence-electron chi connectivity index (χ1n) is 10.9. The van der Waals surface area contributed by atoms with Crippen LogP contribution in [0.2, 0.25) is 0 Å². The van der Waals surface area contributed by atoms with Gasteiger partial charge in [0.05, 0.1) is 24.9 Å². The fraction of sp³-hybridized carbons (Fsp3) is 0.231. The summed E-state index contributed by atoms with van der Waals surface area (Å²) in [6, 6.07) is 23.2. The van der Waals surface area contributed by atoms with Crippen molar-refractivity contribution in [1.29, 1.82) is 0 Å². The number of benzene rings is 3. The highest BCUT2D eigenvalue weighted by atomic mass is 16.7. The van der Waals surface area contributed by atoms with Crippen molar-refractivity contribution in [2.75, 3.05) is 11.7 Å². The van der Waals surface area contributed by atoms with Crippen molar-refractivity contribution in [2.24, 2.45) is 5.92 Å². The highest BCUT2D eigenvalue weighted by Crippen LogP contribution is 2.48. The molecule has 168 valence electrons. The summed E-state index contributed by atoms with van der Waals surface area (Å²) < 4.78 is 5.57. The van der Waals surface area contributed by atoms with E-state index in [1.165, 1.54) is 4.90 Å². The minimum atomic E-state index is -0.921. The molecule has 0 aromatic heterocycles. The van der Waals surface area contributed by atoms with Crippen LogP contribution in [-0.2, 0) is 21.0 Å². The summed E-state index contributed by atoms with van der Waals surface area (Å²) in [5, 5.41) is 11.8. The van der Waals surface area contributed by atoms with Gasteiger partial charge in [-0.1, -0.05) is 54.6 Å². The largest absolute Gasteiger partial charge is 0.504 e. The molecule has 5 rings (SSSR count). The van der Waals surface area contributed by atoms with Gasteiger partial charge in [-0.05, 0) is 42.3 Å². The van der Waals surface area contributed by atoms with E-state index in [4.69, 9.17) is 9.57 Å². The van der Waals surface area contributed by atoms with Gasteiger partial charge in [0.2, 0.25) is 5.91 Å². The molecule has 2 saturated heterocycles. The summed E-state index contributed by atoms with van der Waals surface area (Å²) >= 11 is 0. The predicted octanol–water partition coefficient (Wildman–Crippen LogP) is 3.84. The molecule has 3 aromatic rings. The molecule has 0 bridgehead atoms. The Morgan fingerprint density at radius 1 is 0.939 bits per heavy atom. The van der Waals surface area contributed by atoms with Crippen molar-refractivity contribution in [3.63, 3.8) is 0 Å². The number of amides is 2. The van der Waals surface area contributed by atoms with E-state index in [-0.39, 0.29) is 24.1 Å². The molecule has 0 radical (unpaired) electrons. The van der Waals surface area contributed by atoms with E-state index >= 15 is 0 Å². The molecule has 0 spiro atoms. The lowest BCUT2D eigenvalue weighted by molar-refractivity contribution is -0.143. The number of hydroxylamine groups is 1. The smallest absolute Gasteiger partial charge is 0.262 e. The summed E-state index contributed by atoms with van der Waals surface area (Å²) in [5.74, 6) is -1.00. The molecule has 2 aliphatic rings. The highest BCUT2D eigenvalue weighted by molar-refractivity contribution is 6.07. The highest BCUT2D eigenvalue weighted by Gasteiger charge is 2.59. The minimum absolute atomic E-state index is 0.0156. The zero-order chi connectivity index (χ0) is 22.9. The lowest BCUT2D eigenvalue weighted by Gasteiger charge is -2.29. The van der Waals surface area contributed by atoms with E-state index in [9.17, 15) is 14.7 Å². The van der Waals surface area contributed by atoms with E-state index in [0.29, 0.717) is 12.4 Å². The molecule has 2 heterocycles. The first-order chi connectivity index (χ1) is 16.1. The Labute approximate surface area is 191 Å². The second-order valence-corrected chi connectivity index (χ2v) is 8.07. The Balaban J connectivity index is 1.54. The van der Waals surface area contributed by atoms with Gasteiger partial charge in [-0.2, -0.15) is 0 Å². The van der Waals surface area contributed by atoms with Crippen molar-refractivity contribution >= 4 is 17.5 Å². The molecular weight excluding hydrogens is 420 g/mol. The molecule has 3 atom stereocenters. The van der Waals surface area contributed by atoms with Crippen LogP contribution in [0.25, 0.3) is 0 Å². The van der Waals surface area contributed by atoms with Crippen molar-refractivity contribution in [2.45, 2.75) is 25.6 Å². The second kappa shape index (κ2) is 8.60. The Hall–Kier alpha value is -3.84. The van der Waals surface area contributed by atoms with Gasteiger partial charge in [0.25, 0.3) is 5.91 Å². The number of hydrogen-bond donors (Lipinski definition) is 1. The van der Waals surface area contributed by atoms with Gasteiger partial charge in [-0.3, -0.25) is 19.3 Å². The number of phenolic OH excluding ortho intramolecular Hbond substituents is 1. The number of para-hydroxylation sites is 1. The summed E-state index contributed by atoms with van der Waals surface area (Å²) in [5.41, 5.74) is 2.33. The van der Waals surface area contributed by atoms with Crippen molar-refractivity contribution < 1.29 is 24.3 Å². The number of rotatable bonds is 6. The number of hydrogen-bond acceptors (Lipinski definition) is 6. The number of fused-ring (bicyclic) bond motifs is 1. The van der Waals surface area contributed by atoms with E-state index in [0.717, 1.165) is 16.8 Å². The summed E-state index contributed by atoms with van der Waals surface area (Å²) in [6.07, 6.45) is -0.921. The molecule has 0 aliphatic carbocycles. The maximum atomic E-state index is 13.6. The zero-order valence-electron chi connectivity index (χ0n) is 18.1. The average Bonchev–Trinajstić information content (AvgIpc) is 3.34. The average molecular weight is 444 g/mol. The third-order valence-corrected chi connectivity index (χ3v) is 6.03. The number of anilines is 1. The van der Waals surface area contributed by atoms with E-state index in [1.807, 2.05) is 67.6 Å². The lowest BCUT2D eigenvalue weighted by atomic mass is 9.90. The van der Waals surface area contributed by atoms with E-state index in [1.54, 1.807) is 23.3 Å². The van der Waals surface area contributed by atoms with Crippen LogP contribution in [0, 0.1) is 5.92 Å². The maximum Gasteiger partial charge on any atom is 0.262 e. The Morgan fingerprint density at radius 2 is 1.64 bits per heavy atom. The van der Waals surface area contributed by atoms with Gasteiger partial charge in [0.15, 0.2) is 17.6 Å². The van der Waals surface area contributed by atoms with Gasteiger partial charge in [0.1, 0.15) is 5.92 Å². The topological polar surface area (TPSA) is 79.3 Å². The molecule has 0 saturated carbocycles. The number of ether oxygens (including phenoxy) is 1. The molecule has 7 heteroatoms. The fourth-order valence-corrected chi connectivity index (χ4v) is 4.52. The van der Waals surface area contributed by atoms with Gasteiger partial charge < -0.3 is 9.84 Å². The Bertz CT molecular complexity index is 1170. The summed E-state index contributed by atoms with van der Waals surface area (Å²) in [6.45, 7) is 2.42. The normalized spacial score (nSPS) is 22.0. The number of phenols is 1. The number of imide groups is 1. The number of carbonyl (C=O) groups excluding carboxylic acids is 2.